The zero-order chi connectivity index (χ0) is 51.3. The quantitative estimate of drug-likeness (QED) is 0.127. The van der Waals surface area contributed by atoms with Crippen molar-refractivity contribution in [3.8, 4) is 0 Å². The summed E-state index contributed by atoms with van der Waals surface area (Å²) in [6.45, 7) is 13.1. The Bertz CT molecular complexity index is 6980. The van der Waals surface area contributed by atoms with Crippen molar-refractivity contribution in [1.29, 1.82) is 0 Å². The zero-order valence-electron chi connectivity index (χ0n) is 45.1. The molecule has 4 atom stereocenters. The molecule has 2 spiro atoms. The smallest absolute Gasteiger partial charge is 0.159 e. The lowest BCUT2D eigenvalue weighted by Gasteiger charge is -2.62. The van der Waals surface area contributed by atoms with Crippen LogP contribution in [0.15, 0.2) is 22.3 Å². The van der Waals surface area contributed by atoms with Crippen LogP contribution in [-0.4, -0.2) is 130 Å². The van der Waals surface area contributed by atoms with Crippen LogP contribution in [0, 0.1) is 0 Å². The van der Waals surface area contributed by atoms with Crippen molar-refractivity contribution in [2.75, 3.05) is 105 Å². The highest BCUT2D eigenvalue weighted by Crippen LogP contribution is 2.96. The van der Waals surface area contributed by atoms with Gasteiger partial charge in [0.1, 0.15) is 0 Å². The third-order valence-electron chi connectivity index (χ3n) is 30.7. The molecule has 0 amide bonds. The highest BCUT2D eigenvalue weighted by atomic mass is 16.6. The lowest BCUT2D eigenvalue weighted by atomic mass is 9.51. The Labute approximate surface area is 472 Å². The number of ether oxygens (including phenoxy) is 5. The normalized spacial score (nSPS) is 34.3. The van der Waals surface area contributed by atoms with Gasteiger partial charge >= 0.3 is 0 Å². The van der Waals surface area contributed by atoms with E-state index in [-0.39, 0.29) is 0 Å². The number of benzene rings is 15. The van der Waals surface area contributed by atoms with Gasteiger partial charge in [0.05, 0.1) is 75.0 Å². The van der Waals surface area contributed by atoms with Crippen molar-refractivity contribution in [1.82, 2.24) is 19.6 Å². The van der Waals surface area contributed by atoms with Crippen molar-refractivity contribution in [3.63, 3.8) is 0 Å². The Balaban J connectivity index is 1.03. The van der Waals surface area contributed by atoms with Crippen LogP contribution in [0.2, 0.25) is 0 Å². The van der Waals surface area contributed by atoms with E-state index in [0.717, 1.165) is 105 Å². The van der Waals surface area contributed by atoms with Crippen LogP contribution in [0.3, 0.4) is 0 Å². The standard InChI is InChI=1S/C76H32N4O5/c1-9-81-10-2-77(1)71-57-47-37-27-22-17-18-20-21-19(17)24-30-28(22)38(37)48-50-40(30)42-32(24)34-26(21)36-35-25(20)33-31-23(18)29(27)39-41(31)51-53-43(33)45(35)55-56-46(36)44(34)54-52(42)62-60(50)72(58(48)57,78-3-11-82-12-4-78)68-67(71)69-73(61(51)59(71)49(39)47,79-5-13-83-14-6-79)63(53)65(55)75-66(56)64(54)74(62,70(68)76(69,75)85-75)80-7-15-84-16-8-80/h1-16H2. The molecule has 0 N–H and O–H groups in total. The van der Waals surface area contributed by atoms with Gasteiger partial charge in [-0.1, -0.05) is 0 Å². The molecule has 0 bridgehead atoms. The summed E-state index contributed by atoms with van der Waals surface area (Å²) in [7, 11) is 0. The van der Waals surface area contributed by atoms with Gasteiger partial charge in [0.2, 0.25) is 0 Å². The maximum absolute atomic E-state index is 9.24. The van der Waals surface area contributed by atoms with Crippen molar-refractivity contribution in [2.45, 2.75) is 33.4 Å². The zero-order valence-corrected chi connectivity index (χ0v) is 45.1. The van der Waals surface area contributed by atoms with Gasteiger partial charge < -0.3 is 23.7 Å². The Morgan fingerprint density at radius 1 is 0.188 bits per heavy atom. The summed E-state index contributed by atoms with van der Waals surface area (Å²) in [6.07, 6.45) is 0. The van der Waals surface area contributed by atoms with E-state index in [4.69, 9.17) is 18.9 Å². The second-order valence-corrected chi connectivity index (χ2v) is 31.0. The summed E-state index contributed by atoms with van der Waals surface area (Å²) in [6, 6.07) is 0. The van der Waals surface area contributed by atoms with Crippen molar-refractivity contribution < 1.29 is 23.7 Å². The highest BCUT2D eigenvalue weighted by molar-refractivity contribution is 6.77. The summed E-state index contributed by atoms with van der Waals surface area (Å²) in [5.41, 5.74) is 19.7. The molecule has 11 aliphatic carbocycles. The summed E-state index contributed by atoms with van der Waals surface area (Å²) < 4.78 is 36.1. The third-order valence-corrected chi connectivity index (χ3v) is 30.7. The monoisotopic (exact) mass is 1080 g/mol. The molecule has 5 aliphatic heterocycles. The van der Waals surface area contributed by atoms with Crippen molar-refractivity contribution >= 4 is 215 Å². The minimum absolute atomic E-state index is 0.576. The summed E-state index contributed by atoms with van der Waals surface area (Å²) in [5, 5.41) is 65.5. The van der Waals surface area contributed by atoms with E-state index < -0.39 is 33.4 Å². The maximum Gasteiger partial charge on any atom is 0.159 e. The van der Waals surface area contributed by atoms with Crippen molar-refractivity contribution in [3.05, 3.63) is 77.9 Å². The molecule has 5 fully saturated rings. The fourth-order valence-electron chi connectivity index (χ4n) is 30.4. The first kappa shape index (κ1) is 35.9. The second kappa shape index (κ2) is 8.76. The van der Waals surface area contributed by atoms with E-state index in [1.165, 1.54) is 0 Å². The van der Waals surface area contributed by atoms with E-state index in [2.05, 4.69) is 19.6 Å². The van der Waals surface area contributed by atoms with Crippen LogP contribution in [0.1, 0.15) is 55.6 Å². The molecule has 386 valence electrons. The Morgan fingerprint density at radius 3 is 0.600 bits per heavy atom. The fraction of sp³-hybridized carbons (Fsp3) is 0.289. The molecule has 5 saturated heterocycles. The molecule has 4 unspecified atom stereocenters. The number of hydrogen-bond donors (Lipinski definition) is 0. The van der Waals surface area contributed by atoms with E-state index in [1.807, 2.05) is 0 Å². The lowest BCUT2D eigenvalue weighted by Crippen LogP contribution is -2.65. The molecule has 21 aromatic rings. The van der Waals surface area contributed by atoms with Crippen LogP contribution in [0.5, 0.6) is 0 Å². The molecule has 0 radical (unpaired) electrons. The highest BCUT2D eigenvalue weighted by Gasteiger charge is 2.95. The first-order valence-electron chi connectivity index (χ1n) is 32.6. The van der Waals surface area contributed by atoms with Gasteiger partial charge in [-0.15, -0.1) is 0 Å². The molecule has 0 aromatic heterocycles. The fourth-order valence-corrected chi connectivity index (χ4v) is 30.4. The predicted molar refractivity (Wildman–Crippen MR) is 329 cm³/mol. The molecule has 37 rings (SSSR count). The van der Waals surface area contributed by atoms with Crippen LogP contribution in [-0.2, 0) is 51.4 Å². The van der Waals surface area contributed by atoms with Crippen LogP contribution in [0.4, 0.5) is 0 Å². The summed E-state index contributed by atoms with van der Waals surface area (Å²) >= 11 is 0. The summed E-state index contributed by atoms with van der Waals surface area (Å²) in [4.78, 5) is 12.5. The maximum atomic E-state index is 9.24. The molecule has 5 heterocycles. The van der Waals surface area contributed by atoms with Crippen LogP contribution < -0.4 is 0 Å². The first-order chi connectivity index (χ1) is 42.3. The molecular weight excluding hydrogens is 1050 g/mol. The summed E-state index contributed by atoms with van der Waals surface area (Å²) in [5.74, 6) is 0. The SMILES string of the molecule is C1CN(C23C4=C5C6(N7CCOCC7)c7c2c2c8c3c3c9c%10c%11c%12c%13c%14c%15c%16c%17c%18c(c6c6c7c7c2c2c%19c8c9c8c9c%10c%13c%10c%13c%14c%17c%14c%17c%18c6c6c7c2c2c(c%198)c(c9%10)c(c%13%14)c2c6%17)C%162OC52C(=C4C3%11N2CCOCC2)C%12%15N2CCOCC2)CCO1. The minimum Gasteiger partial charge on any atom is -0.379 e. The average Bonchev–Trinajstić information content (AvgIpc) is 1.36. The molecule has 0 saturated carbocycles. The number of nitrogens with zero attached hydrogens (tertiary/aromatic N) is 4. The van der Waals surface area contributed by atoms with Crippen LogP contribution in [0.25, 0.3) is 215 Å². The molecular formula is C76H32N4O5. The molecule has 9 heteroatoms. The number of epoxide rings is 1. The van der Waals surface area contributed by atoms with Crippen molar-refractivity contribution in [2.24, 2.45) is 0 Å². The van der Waals surface area contributed by atoms with Gasteiger partial charge in [0.25, 0.3) is 0 Å². The van der Waals surface area contributed by atoms with Gasteiger partial charge in [0.15, 0.2) is 11.2 Å². The largest absolute Gasteiger partial charge is 0.379 e. The topological polar surface area (TPSA) is 62.4 Å². The van der Waals surface area contributed by atoms with Gasteiger partial charge in [-0.3, -0.25) is 19.6 Å². The van der Waals surface area contributed by atoms with E-state index in [0.29, 0.717) is 0 Å². The minimum atomic E-state index is -0.733. The number of morpholine rings is 4. The first-order valence-corrected chi connectivity index (χ1v) is 32.6. The van der Waals surface area contributed by atoms with E-state index in [1.54, 1.807) is 293 Å². The molecule has 21 aromatic carbocycles. The van der Waals surface area contributed by atoms with E-state index >= 15 is 0 Å². The second-order valence-electron chi connectivity index (χ2n) is 31.0. The van der Waals surface area contributed by atoms with Gasteiger partial charge in [-0.05, 0) is 271 Å². The third kappa shape index (κ3) is 2.11. The molecule has 16 aliphatic rings. The number of hydrogen-bond acceptors (Lipinski definition) is 9. The Hall–Kier alpha value is -7.38. The van der Waals surface area contributed by atoms with E-state index in [9.17, 15) is 4.74 Å². The van der Waals surface area contributed by atoms with Gasteiger partial charge in [-0.25, -0.2) is 0 Å². The Morgan fingerprint density at radius 2 is 0.365 bits per heavy atom. The Kier molecular flexibility index (Phi) is 3.70. The van der Waals surface area contributed by atoms with Crippen LogP contribution >= 0.6 is 0 Å². The average molecular weight is 1080 g/mol. The predicted octanol–water partition coefficient (Wildman–Crippen LogP) is 12.2. The van der Waals surface area contributed by atoms with Gasteiger partial charge in [0, 0.05) is 74.6 Å². The lowest BCUT2D eigenvalue weighted by molar-refractivity contribution is -0.0222. The number of rotatable bonds is 4. The van der Waals surface area contributed by atoms with Gasteiger partial charge in [-0.2, -0.15) is 0 Å². The molecule has 85 heavy (non-hydrogen) atoms. The molecule has 9 nitrogen and oxygen atoms in total.